The second kappa shape index (κ2) is 13.4. The number of hydrogen-bond acceptors (Lipinski definition) is 6. The van der Waals surface area contributed by atoms with Gasteiger partial charge in [0.25, 0.3) is 21.8 Å². The van der Waals surface area contributed by atoms with Crippen LogP contribution in [-0.4, -0.2) is 39.1 Å². The number of benzene rings is 4. The van der Waals surface area contributed by atoms with Crippen LogP contribution in [0, 0.1) is 0 Å². The van der Waals surface area contributed by atoms with Crippen molar-refractivity contribution in [2.75, 3.05) is 22.8 Å². The second-order valence-corrected chi connectivity index (χ2v) is 10.7. The molecular weight excluding hydrogens is 540 g/mol. The van der Waals surface area contributed by atoms with Gasteiger partial charge in [0.1, 0.15) is 12.3 Å². The zero-order chi connectivity index (χ0) is 29.2. The molecule has 0 aliphatic heterocycles. The fourth-order valence-corrected chi connectivity index (χ4v) is 5.40. The molecule has 0 unspecified atom stereocenters. The summed E-state index contributed by atoms with van der Waals surface area (Å²) in [6, 6.07) is 30.4. The van der Waals surface area contributed by atoms with Crippen LogP contribution in [0.4, 0.5) is 11.4 Å². The number of carbonyl (C=O) groups is 2. The lowest BCUT2D eigenvalue weighted by molar-refractivity contribution is -0.119. The zero-order valence-corrected chi connectivity index (χ0v) is 23.5. The van der Waals surface area contributed by atoms with Gasteiger partial charge in [-0.3, -0.25) is 13.9 Å². The fourth-order valence-electron chi connectivity index (χ4n) is 3.95. The average molecular weight is 571 g/mol. The molecule has 4 aromatic carbocycles. The lowest BCUT2D eigenvalue weighted by Crippen LogP contribution is -2.40. The molecule has 0 atom stereocenters. The smallest absolute Gasteiger partial charge is 0.264 e. The SMILES string of the molecule is CCOc1ccccc1N(CC(=O)N/N=C(\C)c1cccc(NC(=O)c2ccccc2)c1)S(=O)(=O)c1ccccc1. The minimum absolute atomic E-state index is 0.0353. The van der Waals surface area contributed by atoms with Crippen molar-refractivity contribution in [2.24, 2.45) is 5.10 Å². The summed E-state index contributed by atoms with van der Waals surface area (Å²) < 4.78 is 33.9. The van der Waals surface area contributed by atoms with E-state index in [2.05, 4.69) is 15.8 Å². The Labute approximate surface area is 239 Å². The van der Waals surface area contributed by atoms with Crippen molar-refractivity contribution in [3.63, 3.8) is 0 Å². The maximum absolute atomic E-state index is 13.6. The number of sulfonamides is 1. The molecular formula is C31H30N4O5S. The monoisotopic (exact) mass is 570 g/mol. The van der Waals surface area contributed by atoms with Gasteiger partial charge < -0.3 is 10.1 Å². The number of carbonyl (C=O) groups excluding carboxylic acids is 2. The van der Waals surface area contributed by atoms with Gasteiger partial charge >= 0.3 is 0 Å². The van der Waals surface area contributed by atoms with Crippen molar-refractivity contribution in [3.8, 4) is 5.75 Å². The van der Waals surface area contributed by atoms with Gasteiger partial charge in [-0.15, -0.1) is 0 Å². The summed E-state index contributed by atoms with van der Waals surface area (Å²) in [5.41, 5.74) is 4.89. The molecule has 0 aliphatic rings. The lowest BCUT2D eigenvalue weighted by Gasteiger charge is -2.25. The molecule has 4 aromatic rings. The Hall–Kier alpha value is -4.96. The normalized spacial score (nSPS) is 11.4. The van der Waals surface area contributed by atoms with Crippen LogP contribution in [0.25, 0.3) is 0 Å². The van der Waals surface area contributed by atoms with Crippen LogP contribution in [0.3, 0.4) is 0 Å². The summed E-state index contributed by atoms with van der Waals surface area (Å²) in [4.78, 5) is 25.6. The van der Waals surface area contributed by atoms with E-state index in [0.717, 1.165) is 4.31 Å². The number of rotatable bonds is 11. The summed E-state index contributed by atoms with van der Waals surface area (Å²) in [7, 11) is -4.12. The Bertz CT molecular complexity index is 1640. The van der Waals surface area contributed by atoms with Gasteiger partial charge in [0.2, 0.25) is 0 Å². The third-order valence-corrected chi connectivity index (χ3v) is 7.75. The Balaban J connectivity index is 1.53. The Kier molecular flexibility index (Phi) is 9.49. The predicted octanol–water partition coefficient (Wildman–Crippen LogP) is 5.07. The van der Waals surface area contributed by atoms with Crippen molar-refractivity contribution in [1.29, 1.82) is 0 Å². The molecule has 0 saturated carbocycles. The molecule has 0 radical (unpaired) electrons. The van der Waals surface area contributed by atoms with E-state index in [1.807, 2.05) is 6.07 Å². The molecule has 41 heavy (non-hydrogen) atoms. The Morgan fingerprint density at radius 2 is 1.46 bits per heavy atom. The lowest BCUT2D eigenvalue weighted by atomic mass is 10.1. The molecule has 210 valence electrons. The predicted molar refractivity (Wildman–Crippen MR) is 160 cm³/mol. The molecule has 0 heterocycles. The molecule has 4 rings (SSSR count). The molecule has 0 spiro atoms. The number of amides is 2. The van der Waals surface area contributed by atoms with Gasteiger partial charge in [0, 0.05) is 11.3 Å². The number of anilines is 2. The van der Waals surface area contributed by atoms with E-state index in [9.17, 15) is 18.0 Å². The molecule has 0 fully saturated rings. The Morgan fingerprint density at radius 3 is 2.17 bits per heavy atom. The highest BCUT2D eigenvalue weighted by atomic mass is 32.2. The largest absolute Gasteiger partial charge is 0.492 e. The van der Waals surface area contributed by atoms with Gasteiger partial charge in [0.15, 0.2) is 0 Å². The number of hydrogen-bond donors (Lipinski definition) is 2. The second-order valence-electron chi connectivity index (χ2n) is 8.86. The molecule has 0 aliphatic carbocycles. The minimum atomic E-state index is -4.12. The van der Waals surface area contributed by atoms with E-state index in [1.54, 1.807) is 105 Å². The van der Waals surface area contributed by atoms with E-state index in [0.29, 0.717) is 34.9 Å². The van der Waals surface area contributed by atoms with Gasteiger partial charge in [-0.2, -0.15) is 5.10 Å². The highest BCUT2D eigenvalue weighted by Crippen LogP contribution is 2.32. The number of ether oxygens (including phenoxy) is 1. The summed E-state index contributed by atoms with van der Waals surface area (Å²) in [6.07, 6.45) is 0. The first-order valence-corrected chi connectivity index (χ1v) is 14.3. The van der Waals surface area contributed by atoms with Gasteiger partial charge in [-0.25, -0.2) is 13.8 Å². The van der Waals surface area contributed by atoms with Gasteiger partial charge in [-0.1, -0.05) is 60.7 Å². The van der Waals surface area contributed by atoms with E-state index in [1.165, 1.54) is 12.1 Å². The molecule has 2 amide bonds. The van der Waals surface area contributed by atoms with Gasteiger partial charge in [-0.05, 0) is 67.9 Å². The summed E-state index contributed by atoms with van der Waals surface area (Å²) in [5, 5.41) is 7.03. The number of nitrogens with one attached hydrogen (secondary N) is 2. The molecule has 0 saturated heterocycles. The van der Waals surface area contributed by atoms with Crippen molar-refractivity contribution in [2.45, 2.75) is 18.7 Å². The molecule has 9 nitrogen and oxygen atoms in total. The molecule has 0 aromatic heterocycles. The highest BCUT2D eigenvalue weighted by molar-refractivity contribution is 7.92. The first-order chi connectivity index (χ1) is 19.8. The van der Waals surface area contributed by atoms with E-state index in [-0.39, 0.29) is 16.5 Å². The highest BCUT2D eigenvalue weighted by Gasteiger charge is 2.29. The van der Waals surface area contributed by atoms with Crippen LogP contribution < -0.4 is 19.8 Å². The first-order valence-electron chi connectivity index (χ1n) is 12.9. The first kappa shape index (κ1) is 29.0. The zero-order valence-electron chi connectivity index (χ0n) is 22.7. The van der Waals surface area contributed by atoms with Crippen LogP contribution >= 0.6 is 0 Å². The summed E-state index contributed by atoms with van der Waals surface area (Å²) in [6.45, 7) is 3.27. The van der Waals surface area contributed by atoms with Crippen LogP contribution in [0.2, 0.25) is 0 Å². The standard InChI is InChI=1S/C31H30N4O5S/c1-3-40-29-20-11-10-19-28(29)35(41(38,39)27-17-8-5-9-18-27)22-30(36)34-33-23(2)25-15-12-16-26(21-25)32-31(37)24-13-6-4-7-14-24/h4-21H,3,22H2,1-2H3,(H,32,37)(H,34,36)/b33-23+. The molecule has 0 bridgehead atoms. The maximum Gasteiger partial charge on any atom is 0.264 e. The quantitative estimate of drug-likeness (QED) is 0.193. The van der Waals surface area contributed by atoms with Crippen molar-refractivity contribution in [3.05, 3.63) is 120 Å². The third-order valence-electron chi connectivity index (χ3n) is 5.97. The van der Waals surface area contributed by atoms with E-state index in [4.69, 9.17) is 4.74 Å². The summed E-state index contributed by atoms with van der Waals surface area (Å²) >= 11 is 0. The van der Waals surface area contributed by atoms with Crippen molar-refractivity contribution >= 4 is 38.9 Å². The molecule has 2 N–H and O–H groups in total. The van der Waals surface area contributed by atoms with Crippen LogP contribution in [0.5, 0.6) is 5.75 Å². The van der Waals surface area contributed by atoms with Crippen molar-refractivity contribution in [1.82, 2.24) is 5.43 Å². The minimum Gasteiger partial charge on any atom is -0.492 e. The maximum atomic E-state index is 13.6. The van der Waals surface area contributed by atoms with Crippen molar-refractivity contribution < 1.29 is 22.7 Å². The third kappa shape index (κ3) is 7.37. The Morgan fingerprint density at radius 1 is 0.829 bits per heavy atom. The average Bonchev–Trinajstić information content (AvgIpc) is 3.00. The van der Waals surface area contributed by atoms with Gasteiger partial charge in [0.05, 0.1) is 22.9 Å². The van der Waals surface area contributed by atoms with E-state index < -0.39 is 22.5 Å². The van der Waals surface area contributed by atoms with E-state index >= 15 is 0 Å². The van der Waals surface area contributed by atoms with Crippen LogP contribution in [0.15, 0.2) is 119 Å². The summed E-state index contributed by atoms with van der Waals surface area (Å²) in [5.74, 6) is -0.572. The topological polar surface area (TPSA) is 117 Å². The molecule has 10 heteroatoms. The van der Waals surface area contributed by atoms with Crippen LogP contribution in [0.1, 0.15) is 29.8 Å². The number of hydrazone groups is 1. The fraction of sp³-hybridized carbons (Fsp3) is 0.129. The number of para-hydroxylation sites is 2. The van der Waals surface area contributed by atoms with Crippen LogP contribution in [-0.2, 0) is 14.8 Å². The number of nitrogens with zero attached hydrogens (tertiary/aromatic N) is 2.